The van der Waals surface area contributed by atoms with Gasteiger partial charge in [-0.3, -0.25) is 25.2 Å². The Hall–Kier alpha value is -3.23. The zero-order chi connectivity index (χ0) is 20.1. The van der Waals surface area contributed by atoms with Gasteiger partial charge >= 0.3 is 0 Å². The summed E-state index contributed by atoms with van der Waals surface area (Å²) in [6.45, 7) is 0. The molecule has 0 radical (unpaired) electrons. The van der Waals surface area contributed by atoms with E-state index in [9.17, 15) is 20.2 Å². The molecule has 0 unspecified atom stereocenters. The van der Waals surface area contributed by atoms with Crippen LogP contribution in [0.3, 0.4) is 0 Å². The largest absolute Gasteiger partial charge is 0.288 e. The first kappa shape index (κ1) is 19.5. The lowest BCUT2D eigenvalue weighted by Crippen LogP contribution is -1.91. The summed E-state index contributed by atoms with van der Waals surface area (Å²) in [7, 11) is 0. The minimum absolute atomic E-state index is 0.0523. The molecule has 0 aliphatic rings. The molecule has 7 nitrogen and oxygen atoms in total. The summed E-state index contributed by atoms with van der Waals surface area (Å²) in [5.41, 5.74) is 1.14. The van der Waals surface area contributed by atoms with E-state index in [1.54, 1.807) is 18.2 Å². The Morgan fingerprint density at radius 3 is 2.04 bits per heavy atom. The van der Waals surface area contributed by atoms with Crippen LogP contribution in [0, 0.1) is 20.2 Å². The highest BCUT2D eigenvalue weighted by molar-refractivity contribution is 7.99. The van der Waals surface area contributed by atoms with E-state index in [2.05, 4.69) is 4.99 Å². The van der Waals surface area contributed by atoms with Crippen molar-refractivity contribution in [1.82, 2.24) is 0 Å². The minimum Gasteiger partial charge on any atom is -0.258 e. The number of benzene rings is 3. The van der Waals surface area contributed by atoms with Crippen molar-refractivity contribution in [3.05, 3.63) is 97.5 Å². The Labute approximate surface area is 169 Å². The van der Waals surface area contributed by atoms with E-state index in [1.165, 1.54) is 42.2 Å². The van der Waals surface area contributed by atoms with E-state index < -0.39 is 9.85 Å². The molecule has 9 heteroatoms. The lowest BCUT2D eigenvalue weighted by Gasteiger charge is -2.02. The third-order valence-corrected chi connectivity index (χ3v) is 4.98. The zero-order valence-electron chi connectivity index (χ0n) is 14.2. The van der Waals surface area contributed by atoms with Gasteiger partial charge in [0, 0.05) is 34.2 Å². The van der Waals surface area contributed by atoms with Gasteiger partial charge in [0.05, 0.1) is 15.5 Å². The Morgan fingerprint density at radius 2 is 1.46 bits per heavy atom. The molecule has 0 spiro atoms. The molecule has 140 valence electrons. The van der Waals surface area contributed by atoms with Crippen LogP contribution < -0.4 is 0 Å². The molecule has 3 rings (SSSR count). The predicted molar refractivity (Wildman–Crippen MR) is 109 cm³/mol. The predicted octanol–water partition coefficient (Wildman–Crippen LogP) is 6.06. The monoisotopic (exact) mass is 413 g/mol. The van der Waals surface area contributed by atoms with Crippen LogP contribution in [0.1, 0.15) is 5.56 Å². The number of hydrogen-bond donors (Lipinski definition) is 0. The molecule has 3 aromatic rings. The van der Waals surface area contributed by atoms with Crippen molar-refractivity contribution >= 4 is 46.6 Å². The van der Waals surface area contributed by atoms with Gasteiger partial charge in [-0.05, 0) is 48.0 Å². The molecule has 0 aliphatic carbocycles. The highest BCUT2D eigenvalue weighted by Crippen LogP contribution is 2.30. The summed E-state index contributed by atoms with van der Waals surface area (Å²) < 4.78 is 0. The summed E-state index contributed by atoms with van der Waals surface area (Å²) in [6.07, 6.45) is 1.53. The molecule has 0 aliphatic heterocycles. The molecule has 0 atom stereocenters. The summed E-state index contributed by atoms with van der Waals surface area (Å²) in [5, 5.41) is 21.7. The Balaban J connectivity index is 1.69. The van der Waals surface area contributed by atoms with Crippen molar-refractivity contribution < 1.29 is 9.85 Å². The minimum atomic E-state index is -0.538. The van der Waals surface area contributed by atoms with Crippen molar-refractivity contribution in [2.24, 2.45) is 4.99 Å². The number of halogens is 1. The normalized spacial score (nSPS) is 10.9. The van der Waals surface area contributed by atoms with Gasteiger partial charge in [-0.1, -0.05) is 29.4 Å². The lowest BCUT2D eigenvalue weighted by molar-refractivity contribution is -0.385. The maximum atomic E-state index is 10.9. The number of nitro benzene ring substituents is 2. The number of aliphatic imine (C=N–C) groups is 1. The molecule has 0 amide bonds. The van der Waals surface area contributed by atoms with Gasteiger partial charge in [-0.25, -0.2) is 0 Å². The first-order chi connectivity index (χ1) is 13.4. The van der Waals surface area contributed by atoms with Gasteiger partial charge in [0.15, 0.2) is 0 Å². The van der Waals surface area contributed by atoms with Gasteiger partial charge < -0.3 is 0 Å². The SMILES string of the molecule is O=[N+]([O-])c1ccc(Sc2ccc(N=Cc3ccc(Cl)c([N+](=O)[O-])c3)cc2)cc1. The molecular formula is C19H12ClN3O4S. The average Bonchev–Trinajstić information content (AvgIpc) is 2.68. The van der Waals surface area contributed by atoms with Gasteiger partial charge in [0.25, 0.3) is 11.4 Å². The van der Waals surface area contributed by atoms with Crippen LogP contribution in [0.5, 0.6) is 0 Å². The van der Waals surface area contributed by atoms with E-state index in [0.29, 0.717) is 11.3 Å². The second-order valence-corrected chi connectivity index (χ2v) is 7.13. The molecule has 0 saturated heterocycles. The van der Waals surface area contributed by atoms with Crippen LogP contribution in [0.2, 0.25) is 5.02 Å². The van der Waals surface area contributed by atoms with Crippen LogP contribution in [-0.4, -0.2) is 16.1 Å². The van der Waals surface area contributed by atoms with Gasteiger partial charge in [0.1, 0.15) is 5.02 Å². The Kier molecular flexibility index (Phi) is 6.03. The van der Waals surface area contributed by atoms with Gasteiger partial charge in [-0.15, -0.1) is 0 Å². The molecule has 0 saturated carbocycles. The molecule has 0 aromatic heterocycles. The zero-order valence-corrected chi connectivity index (χ0v) is 15.8. The molecule has 28 heavy (non-hydrogen) atoms. The van der Waals surface area contributed by atoms with Gasteiger partial charge in [0.2, 0.25) is 0 Å². The van der Waals surface area contributed by atoms with Crippen LogP contribution in [0.15, 0.2) is 81.5 Å². The van der Waals surface area contributed by atoms with E-state index in [-0.39, 0.29) is 16.4 Å². The fraction of sp³-hybridized carbons (Fsp3) is 0. The number of non-ortho nitro benzene ring substituents is 1. The summed E-state index contributed by atoms with van der Waals surface area (Å²) in [6, 6.07) is 18.2. The highest BCUT2D eigenvalue weighted by Gasteiger charge is 2.11. The summed E-state index contributed by atoms with van der Waals surface area (Å²) in [4.78, 5) is 26.8. The lowest BCUT2D eigenvalue weighted by atomic mass is 10.2. The highest BCUT2D eigenvalue weighted by atomic mass is 35.5. The number of hydrogen-bond acceptors (Lipinski definition) is 6. The summed E-state index contributed by atoms with van der Waals surface area (Å²) >= 11 is 7.27. The quantitative estimate of drug-likeness (QED) is 0.278. The van der Waals surface area contributed by atoms with E-state index in [1.807, 2.05) is 24.3 Å². The molecule has 0 N–H and O–H groups in total. The first-order valence-electron chi connectivity index (χ1n) is 7.93. The van der Waals surface area contributed by atoms with Crippen molar-refractivity contribution in [3.8, 4) is 0 Å². The van der Waals surface area contributed by atoms with Crippen LogP contribution in [-0.2, 0) is 0 Å². The Morgan fingerprint density at radius 1 is 0.857 bits per heavy atom. The number of nitrogens with zero attached hydrogens (tertiary/aromatic N) is 3. The van der Waals surface area contributed by atoms with Crippen molar-refractivity contribution in [1.29, 1.82) is 0 Å². The van der Waals surface area contributed by atoms with Crippen molar-refractivity contribution in [2.45, 2.75) is 9.79 Å². The maximum Gasteiger partial charge on any atom is 0.288 e. The van der Waals surface area contributed by atoms with Crippen molar-refractivity contribution in [2.75, 3.05) is 0 Å². The van der Waals surface area contributed by atoms with Crippen molar-refractivity contribution in [3.63, 3.8) is 0 Å². The molecule has 0 heterocycles. The maximum absolute atomic E-state index is 10.9. The van der Waals surface area contributed by atoms with Crippen LogP contribution >= 0.6 is 23.4 Å². The Bertz CT molecular complexity index is 1050. The standard InChI is InChI=1S/C19H12ClN3O4S/c20-18-10-1-13(11-19(18)23(26)27)12-21-14-2-6-16(7-3-14)28-17-8-4-15(5-9-17)22(24)25/h1-12H. The fourth-order valence-corrected chi connectivity index (χ4v) is 3.27. The van der Waals surface area contributed by atoms with E-state index in [0.717, 1.165) is 9.79 Å². The second-order valence-electron chi connectivity index (χ2n) is 5.57. The third-order valence-electron chi connectivity index (χ3n) is 3.65. The fourth-order valence-electron chi connectivity index (χ4n) is 2.27. The van der Waals surface area contributed by atoms with Crippen LogP contribution in [0.4, 0.5) is 17.1 Å². The molecule has 3 aromatic carbocycles. The topological polar surface area (TPSA) is 98.6 Å². The average molecular weight is 414 g/mol. The first-order valence-corrected chi connectivity index (χ1v) is 9.12. The second kappa shape index (κ2) is 8.64. The van der Waals surface area contributed by atoms with Gasteiger partial charge in [-0.2, -0.15) is 0 Å². The van der Waals surface area contributed by atoms with E-state index >= 15 is 0 Å². The smallest absolute Gasteiger partial charge is 0.258 e. The number of rotatable bonds is 6. The number of nitro groups is 2. The molecular weight excluding hydrogens is 402 g/mol. The van der Waals surface area contributed by atoms with Crippen LogP contribution in [0.25, 0.3) is 0 Å². The summed E-state index contributed by atoms with van der Waals surface area (Å²) in [5.74, 6) is 0. The molecule has 0 bridgehead atoms. The third kappa shape index (κ3) is 4.93. The molecule has 0 fully saturated rings. The van der Waals surface area contributed by atoms with E-state index in [4.69, 9.17) is 11.6 Å².